The number of aromatic nitrogens is 1. The normalized spacial score (nSPS) is 10.6. The molecule has 18 heavy (non-hydrogen) atoms. The molecule has 0 saturated heterocycles. The zero-order valence-electron chi connectivity index (χ0n) is 10.1. The van der Waals surface area contributed by atoms with E-state index in [-0.39, 0.29) is 12.3 Å². The van der Waals surface area contributed by atoms with E-state index in [0.29, 0.717) is 10.9 Å². The maximum absolute atomic E-state index is 13.6. The van der Waals surface area contributed by atoms with Crippen molar-refractivity contribution in [2.45, 2.75) is 6.92 Å². The lowest BCUT2D eigenvalue weighted by molar-refractivity contribution is -0.137. The summed E-state index contributed by atoms with van der Waals surface area (Å²) in [5.74, 6) is -2.13. The third-order valence-electron chi connectivity index (χ3n) is 2.70. The Kier molecular flexibility index (Phi) is 3.14. The Bertz CT molecular complexity index is 630. The molecule has 0 saturated carbocycles. The van der Waals surface area contributed by atoms with Crippen molar-refractivity contribution in [1.82, 2.24) is 4.57 Å². The molecule has 0 spiro atoms. The van der Waals surface area contributed by atoms with Crippen molar-refractivity contribution in [3.63, 3.8) is 0 Å². The summed E-state index contributed by atoms with van der Waals surface area (Å²) in [6.07, 6.45) is 0. The molecule has 0 amide bonds. The highest BCUT2D eigenvalue weighted by Crippen LogP contribution is 2.22. The Labute approximate surface area is 103 Å². The molecule has 0 aliphatic carbocycles. The molecule has 2 rings (SSSR count). The predicted octanol–water partition coefficient (Wildman–Crippen LogP) is 2.06. The predicted molar refractivity (Wildman–Crippen MR) is 63.8 cm³/mol. The van der Waals surface area contributed by atoms with Gasteiger partial charge in [0.25, 0.3) is 5.78 Å². The quantitative estimate of drug-likeness (QED) is 0.475. The Morgan fingerprint density at radius 2 is 2.11 bits per heavy atom. The number of fused-ring (bicyclic) bond motifs is 1. The number of Topliss-reactive ketones (excluding diaryl/α,β-unsaturated/α-hetero) is 1. The van der Waals surface area contributed by atoms with Crippen molar-refractivity contribution >= 4 is 22.7 Å². The molecule has 0 atom stereocenters. The highest BCUT2D eigenvalue weighted by Gasteiger charge is 2.22. The van der Waals surface area contributed by atoms with Gasteiger partial charge in [0, 0.05) is 12.4 Å². The summed E-state index contributed by atoms with van der Waals surface area (Å²) in [4.78, 5) is 23.2. The van der Waals surface area contributed by atoms with E-state index in [9.17, 15) is 14.0 Å². The Hall–Kier alpha value is -2.17. The van der Waals surface area contributed by atoms with Crippen LogP contribution in [-0.4, -0.2) is 22.9 Å². The van der Waals surface area contributed by atoms with Crippen LogP contribution in [0.3, 0.4) is 0 Å². The fourth-order valence-corrected chi connectivity index (χ4v) is 1.89. The van der Waals surface area contributed by atoms with Crippen LogP contribution in [-0.2, 0) is 16.6 Å². The maximum atomic E-state index is 13.6. The van der Waals surface area contributed by atoms with Crippen LogP contribution in [0.25, 0.3) is 10.9 Å². The van der Waals surface area contributed by atoms with E-state index in [1.54, 1.807) is 19.1 Å². The van der Waals surface area contributed by atoms with Crippen molar-refractivity contribution < 1.29 is 18.7 Å². The second-order valence-corrected chi connectivity index (χ2v) is 3.82. The topological polar surface area (TPSA) is 48.3 Å². The number of para-hydroxylation sites is 1. The number of aryl methyl sites for hydroxylation is 1. The number of esters is 1. The fraction of sp³-hybridized carbons (Fsp3) is 0.231. The molecule has 5 heteroatoms. The van der Waals surface area contributed by atoms with Crippen LogP contribution in [0.2, 0.25) is 0 Å². The van der Waals surface area contributed by atoms with Gasteiger partial charge >= 0.3 is 5.97 Å². The lowest BCUT2D eigenvalue weighted by Gasteiger charge is -2.03. The SMILES string of the molecule is CCOC(=O)C(=O)c1cc2cccc(F)c2n1C. The molecule has 0 radical (unpaired) electrons. The molecule has 94 valence electrons. The van der Waals surface area contributed by atoms with Gasteiger partial charge in [0.15, 0.2) is 0 Å². The van der Waals surface area contributed by atoms with Gasteiger partial charge in [-0.2, -0.15) is 0 Å². The molecule has 2 aromatic rings. The number of hydrogen-bond acceptors (Lipinski definition) is 3. The number of ketones is 1. The minimum absolute atomic E-state index is 0.119. The van der Waals surface area contributed by atoms with Crippen LogP contribution in [0.4, 0.5) is 4.39 Å². The average molecular weight is 249 g/mol. The van der Waals surface area contributed by atoms with Crippen LogP contribution in [0.15, 0.2) is 24.3 Å². The number of carbonyl (C=O) groups excluding carboxylic acids is 2. The summed E-state index contributed by atoms with van der Waals surface area (Å²) in [7, 11) is 1.54. The zero-order chi connectivity index (χ0) is 13.3. The summed E-state index contributed by atoms with van der Waals surface area (Å²) in [6.45, 7) is 1.75. The zero-order valence-corrected chi connectivity index (χ0v) is 10.1. The molecule has 4 nitrogen and oxygen atoms in total. The number of nitrogens with zero attached hydrogens (tertiary/aromatic N) is 1. The van der Waals surface area contributed by atoms with Gasteiger partial charge in [-0.25, -0.2) is 9.18 Å². The summed E-state index contributed by atoms with van der Waals surface area (Å²) >= 11 is 0. The molecule has 0 aliphatic heterocycles. The van der Waals surface area contributed by atoms with E-state index in [0.717, 1.165) is 0 Å². The van der Waals surface area contributed by atoms with E-state index in [1.165, 1.54) is 23.7 Å². The van der Waals surface area contributed by atoms with Crippen molar-refractivity contribution in [3.05, 3.63) is 35.8 Å². The highest BCUT2D eigenvalue weighted by molar-refractivity contribution is 6.40. The third-order valence-corrected chi connectivity index (χ3v) is 2.70. The monoisotopic (exact) mass is 249 g/mol. The smallest absolute Gasteiger partial charge is 0.381 e. The molecular weight excluding hydrogens is 237 g/mol. The largest absolute Gasteiger partial charge is 0.460 e. The van der Waals surface area contributed by atoms with Gasteiger partial charge in [-0.3, -0.25) is 4.79 Å². The summed E-state index contributed by atoms with van der Waals surface area (Å²) in [5, 5.41) is 0.574. The highest BCUT2D eigenvalue weighted by atomic mass is 19.1. The first kappa shape index (κ1) is 12.3. The van der Waals surface area contributed by atoms with Crippen LogP contribution in [0, 0.1) is 5.82 Å². The van der Waals surface area contributed by atoms with Crippen molar-refractivity contribution in [1.29, 1.82) is 0 Å². The minimum Gasteiger partial charge on any atom is -0.460 e. The van der Waals surface area contributed by atoms with Crippen molar-refractivity contribution in [3.8, 4) is 0 Å². The molecule has 1 aromatic heterocycles. The number of carbonyl (C=O) groups is 2. The van der Waals surface area contributed by atoms with Gasteiger partial charge in [0.2, 0.25) is 0 Å². The molecule has 0 fully saturated rings. The number of rotatable bonds is 3. The fourth-order valence-electron chi connectivity index (χ4n) is 1.89. The van der Waals surface area contributed by atoms with Gasteiger partial charge in [-0.05, 0) is 19.1 Å². The summed E-state index contributed by atoms with van der Waals surface area (Å²) in [6, 6.07) is 6.02. The lowest BCUT2D eigenvalue weighted by atomic mass is 10.2. The van der Waals surface area contributed by atoms with E-state index in [4.69, 9.17) is 0 Å². The van der Waals surface area contributed by atoms with Gasteiger partial charge in [0.05, 0.1) is 17.8 Å². The van der Waals surface area contributed by atoms with Gasteiger partial charge < -0.3 is 9.30 Å². The van der Waals surface area contributed by atoms with E-state index in [1.807, 2.05) is 0 Å². The average Bonchev–Trinajstić information content (AvgIpc) is 2.67. The van der Waals surface area contributed by atoms with Gasteiger partial charge in [-0.15, -0.1) is 0 Å². The first-order valence-electron chi connectivity index (χ1n) is 5.51. The van der Waals surface area contributed by atoms with Crippen molar-refractivity contribution in [2.24, 2.45) is 7.05 Å². The van der Waals surface area contributed by atoms with Crippen LogP contribution >= 0.6 is 0 Å². The first-order valence-corrected chi connectivity index (χ1v) is 5.51. The number of ether oxygens (including phenoxy) is 1. The standard InChI is InChI=1S/C13H12FNO3/c1-3-18-13(17)12(16)10-7-8-5-4-6-9(14)11(8)15(10)2/h4-7H,3H2,1-2H3. The maximum Gasteiger partial charge on any atom is 0.381 e. The number of halogens is 1. The van der Waals surface area contributed by atoms with Crippen LogP contribution in [0.1, 0.15) is 17.4 Å². The third kappa shape index (κ3) is 1.88. The van der Waals surface area contributed by atoms with Crippen molar-refractivity contribution in [2.75, 3.05) is 6.61 Å². The minimum atomic E-state index is -0.927. The van der Waals surface area contributed by atoms with Crippen LogP contribution in [0.5, 0.6) is 0 Å². The molecule has 1 aromatic carbocycles. The van der Waals surface area contributed by atoms with E-state index >= 15 is 0 Å². The Morgan fingerprint density at radius 3 is 2.72 bits per heavy atom. The van der Waals surface area contributed by atoms with Gasteiger partial charge in [0.1, 0.15) is 5.82 Å². The second kappa shape index (κ2) is 4.60. The van der Waals surface area contributed by atoms with Crippen LogP contribution < -0.4 is 0 Å². The summed E-state index contributed by atoms with van der Waals surface area (Å²) in [5.41, 5.74) is 0.415. The van der Waals surface area contributed by atoms with Gasteiger partial charge in [-0.1, -0.05) is 12.1 Å². The second-order valence-electron chi connectivity index (χ2n) is 3.82. The van der Waals surface area contributed by atoms with E-state index in [2.05, 4.69) is 4.74 Å². The number of hydrogen-bond donors (Lipinski definition) is 0. The number of benzene rings is 1. The van der Waals surface area contributed by atoms with E-state index < -0.39 is 17.6 Å². The molecule has 0 unspecified atom stereocenters. The molecular formula is C13H12FNO3. The summed E-state index contributed by atoms with van der Waals surface area (Å²) < 4.78 is 19.6. The molecule has 0 N–H and O–H groups in total. The Balaban J connectivity index is 2.53. The Morgan fingerprint density at radius 1 is 1.39 bits per heavy atom. The molecule has 1 heterocycles. The molecule has 0 aliphatic rings. The molecule has 0 bridgehead atoms. The first-order chi connectivity index (χ1) is 8.56. The lowest BCUT2D eigenvalue weighted by Crippen LogP contribution is -2.20.